The summed E-state index contributed by atoms with van der Waals surface area (Å²) in [5, 5.41) is 1.32. The molecule has 0 aromatic carbocycles. The van der Waals surface area contributed by atoms with E-state index in [4.69, 9.17) is 4.98 Å². The average Bonchev–Trinajstić information content (AvgIpc) is 2.85. The Labute approximate surface area is 132 Å². The smallest absolute Gasteiger partial charge is 0.140 e. The van der Waals surface area contributed by atoms with Gasteiger partial charge in [0.05, 0.1) is 0 Å². The maximum atomic E-state index is 4.76. The van der Waals surface area contributed by atoms with Gasteiger partial charge in [0, 0.05) is 28.7 Å². The molecule has 2 aromatic heterocycles. The lowest BCUT2D eigenvalue weighted by Crippen LogP contribution is -2.16. The van der Waals surface area contributed by atoms with E-state index < -0.39 is 0 Å². The first kappa shape index (κ1) is 15.0. The van der Waals surface area contributed by atoms with Gasteiger partial charge in [-0.3, -0.25) is 0 Å². The molecular formula is C18H26N2S. The van der Waals surface area contributed by atoms with Crippen molar-refractivity contribution in [3.05, 3.63) is 24.0 Å². The van der Waals surface area contributed by atoms with E-state index in [1.54, 1.807) is 11.8 Å². The van der Waals surface area contributed by atoms with Crippen molar-refractivity contribution in [3.63, 3.8) is 0 Å². The molecule has 0 N–H and O–H groups in total. The van der Waals surface area contributed by atoms with Crippen molar-refractivity contribution in [2.45, 2.75) is 63.3 Å². The van der Waals surface area contributed by atoms with Gasteiger partial charge < -0.3 is 4.57 Å². The SMILES string of the molecule is CCCc1cc2cc(SC)cnc2n1CC1CCCCC1. The topological polar surface area (TPSA) is 17.8 Å². The van der Waals surface area contributed by atoms with Gasteiger partial charge in [0.1, 0.15) is 5.65 Å². The third-order valence-electron chi connectivity index (χ3n) is 4.70. The van der Waals surface area contributed by atoms with Gasteiger partial charge in [0.25, 0.3) is 0 Å². The van der Waals surface area contributed by atoms with Crippen molar-refractivity contribution >= 4 is 22.8 Å². The van der Waals surface area contributed by atoms with Crippen LogP contribution in [-0.4, -0.2) is 15.8 Å². The Morgan fingerprint density at radius 1 is 1.24 bits per heavy atom. The number of rotatable bonds is 5. The highest BCUT2D eigenvalue weighted by atomic mass is 32.2. The highest BCUT2D eigenvalue weighted by Gasteiger charge is 2.17. The van der Waals surface area contributed by atoms with Crippen LogP contribution in [0.2, 0.25) is 0 Å². The molecule has 0 unspecified atom stereocenters. The van der Waals surface area contributed by atoms with Gasteiger partial charge >= 0.3 is 0 Å². The summed E-state index contributed by atoms with van der Waals surface area (Å²) in [5.74, 6) is 0.854. The zero-order valence-electron chi connectivity index (χ0n) is 13.3. The lowest BCUT2D eigenvalue weighted by Gasteiger charge is -2.23. The number of hydrogen-bond donors (Lipinski definition) is 0. The summed E-state index contributed by atoms with van der Waals surface area (Å²) in [6, 6.07) is 4.66. The summed E-state index contributed by atoms with van der Waals surface area (Å²) < 4.78 is 2.51. The summed E-state index contributed by atoms with van der Waals surface area (Å²) in [6.07, 6.45) is 13.6. The lowest BCUT2D eigenvalue weighted by atomic mass is 9.89. The molecule has 0 radical (unpaired) electrons. The second kappa shape index (κ2) is 6.87. The first-order valence-electron chi connectivity index (χ1n) is 8.34. The molecule has 1 saturated carbocycles. The van der Waals surface area contributed by atoms with Crippen LogP contribution in [0.15, 0.2) is 23.2 Å². The zero-order chi connectivity index (χ0) is 14.7. The van der Waals surface area contributed by atoms with Crippen molar-refractivity contribution < 1.29 is 0 Å². The van der Waals surface area contributed by atoms with Gasteiger partial charge in [-0.1, -0.05) is 32.6 Å². The molecule has 0 spiro atoms. The largest absolute Gasteiger partial charge is 0.329 e. The predicted octanol–water partition coefficient (Wildman–Crippen LogP) is 5.29. The summed E-state index contributed by atoms with van der Waals surface area (Å²) >= 11 is 1.78. The molecule has 0 saturated heterocycles. The van der Waals surface area contributed by atoms with E-state index in [-0.39, 0.29) is 0 Å². The van der Waals surface area contributed by atoms with Crippen LogP contribution < -0.4 is 0 Å². The third-order valence-corrected chi connectivity index (χ3v) is 5.40. The summed E-state index contributed by atoms with van der Waals surface area (Å²) in [4.78, 5) is 6.03. The third kappa shape index (κ3) is 3.28. The van der Waals surface area contributed by atoms with Gasteiger partial charge in [-0.05, 0) is 43.6 Å². The molecule has 2 heterocycles. The molecule has 1 aliphatic carbocycles. The molecule has 3 heteroatoms. The monoisotopic (exact) mass is 302 g/mol. The molecule has 0 bridgehead atoms. The number of thioether (sulfide) groups is 1. The lowest BCUT2D eigenvalue weighted by molar-refractivity contribution is 0.319. The highest BCUT2D eigenvalue weighted by Crippen LogP contribution is 2.29. The van der Waals surface area contributed by atoms with E-state index in [2.05, 4.69) is 29.9 Å². The van der Waals surface area contributed by atoms with E-state index in [0.717, 1.165) is 12.3 Å². The van der Waals surface area contributed by atoms with Gasteiger partial charge in [-0.25, -0.2) is 4.98 Å². The molecule has 3 rings (SSSR count). The summed E-state index contributed by atoms with van der Waals surface area (Å²) in [6.45, 7) is 3.44. The van der Waals surface area contributed by atoms with Gasteiger partial charge in [-0.2, -0.15) is 0 Å². The standard InChI is InChI=1S/C18H26N2S/c1-3-7-16-10-15-11-17(21-2)12-19-18(15)20(16)13-14-8-5-4-6-9-14/h10-12,14H,3-9,13H2,1-2H3. The predicted molar refractivity (Wildman–Crippen MR) is 92.1 cm³/mol. The summed E-state index contributed by atoms with van der Waals surface area (Å²) in [7, 11) is 0. The molecule has 0 amide bonds. The quantitative estimate of drug-likeness (QED) is 0.698. The fourth-order valence-electron chi connectivity index (χ4n) is 3.59. The normalized spacial score (nSPS) is 16.7. The average molecular weight is 302 g/mol. The van der Waals surface area contributed by atoms with Crippen molar-refractivity contribution in [1.29, 1.82) is 0 Å². The Kier molecular flexibility index (Phi) is 4.89. The van der Waals surface area contributed by atoms with E-state index in [0.29, 0.717) is 0 Å². The van der Waals surface area contributed by atoms with Crippen molar-refractivity contribution in [3.8, 4) is 0 Å². The summed E-state index contributed by atoms with van der Waals surface area (Å²) in [5.41, 5.74) is 2.67. The molecular weight excluding hydrogens is 276 g/mol. The van der Waals surface area contributed by atoms with Gasteiger partial charge in [0.2, 0.25) is 0 Å². The highest BCUT2D eigenvalue weighted by molar-refractivity contribution is 7.98. The Morgan fingerprint density at radius 2 is 2.05 bits per heavy atom. The molecule has 1 aliphatic rings. The number of aryl methyl sites for hydroxylation is 1. The minimum Gasteiger partial charge on any atom is -0.329 e. The van der Waals surface area contributed by atoms with Crippen LogP contribution in [0, 0.1) is 5.92 Å². The van der Waals surface area contributed by atoms with Crippen LogP contribution in [0.25, 0.3) is 11.0 Å². The van der Waals surface area contributed by atoms with Crippen molar-refractivity contribution in [2.75, 3.05) is 6.26 Å². The first-order valence-corrected chi connectivity index (χ1v) is 9.56. The minimum absolute atomic E-state index is 0.854. The number of hydrogen-bond acceptors (Lipinski definition) is 2. The number of nitrogens with zero attached hydrogens (tertiary/aromatic N) is 2. The molecule has 114 valence electrons. The molecule has 0 aliphatic heterocycles. The van der Waals surface area contributed by atoms with E-state index >= 15 is 0 Å². The van der Waals surface area contributed by atoms with Gasteiger partial charge in [0.15, 0.2) is 0 Å². The molecule has 1 fully saturated rings. The Bertz CT molecular complexity index is 597. The number of pyridine rings is 1. The van der Waals surface area contributed by atoms with Crippen LogP contribution in [0.3, 0.4) is 0 Å². The van der Waals surface area contributed by atoms with Gasteiger partial charge in [-0.15, -0.1) is 11.8 Å². The maximum Gasteiger partial charge on any atom is 0.140 e. The Balaban J connectivity index is 1.94. The second-order valence-electron chi connectivity index (χ2n) is 6.29. The molecule has 2 nitrogen and oxygen atoms in total. The maximum absolute atomic E-state index is 4.76. The Hall–Kier alpha value is -0.960. The number of fused-ring (bicyclic) bond motifs is 1. The van der Waals surface area contributed by atoms with Crippen LogP contribution in [-0.2, 0) is 13.0 Å². The molecule has 0 atom stereocenters. The van der Waals surface area contributed by atoms with Crippen molar-refractivity contribution in [2.24, 2.45) is 5.92 Å². The minimum atomic E-state index is 0.854. The Morgan fingerprint density at radius 3 is 2.76 bits per heavy atom. The fourth-order valence-corrected chi connectivity index (χ4v) is 3.99. The fraction of sp³-hybridized carbons (Fsp3) is 0.611. The van der Waals surface area contributed by atoms with E-state index in [1.807, 2.05) is 6.20 Å². The van der Waals surface area contributed by atoms with Crippen LogP contribution in [0.1, 0.15) is 51.1 Å². The zero-order valence-corrected chi connectivity index (χ0v) is 14.1. The first-order chi connectivity index (χ1) is 10.3. The van der Waals surface area contributed by atoms with Crippen LogP contribution in [0.5, 0.6) is 0 Å². The van der Waals surface area contributed by atoms with E-state index in [1.165, 1.54) is 66.7 Å². The van der Waals surface area contributed by atoms with E-state index in [9.17, 15) is 0 Å². The van der Waals surface area contributed by atoms with Crippen LogP contribution in [0.4, 0.5) is 0 Å². The number of aromatic nitrogens is 2. The second-order valence-corrected chi connectivity index (χ2v) is 7.17. The molecule has 2 aromatic rings. The molecule has 21 heavy (non-hydrogen) atoms. The van der Waals surface area contributed by atoms with Crippen LogP contribution >= 0.6 is 11.8 Å². The van der Waals surface area contributed by atoms with Crippen molar-refractivity contribution in [1.82, 2.24) is 9.55 Å².